The highest BCUT2D eigenvalue weighted by molar-refractivity contribution is 8.22. The fourth-order valence-electron chi connectivity index (χ4n) is 2.71. The number of thiocarbonyl (C=S) groups is 1. The van der Waals surface area contributed by atoms with E-state index in [2.05, 4.69) is 78.2 Å². The molecular weight excluding hydrogens is 363 g/mol. The van der Waals surface area contributed by atoms with Crippen molar-refractivity contribution in [2.24, 2.45) is 4.85 Å². The Morgan fingerprint density at radius 2 is 1.12 bits per heavy atom. The van der Waals surface area contributed by atoms with Gasteiger partial charge < -0.3 is 0 Å². The minimum absolute atomic E-state index is 0.673. The van der Waals surface area contributed by atoms with Crippen molar-refractivity contribution >= 4 is 51.3 Å². The molecule has 0 spiro atoms. The van der Waals surface area contributed by atoms with E-state index in [9.17, 15) is 0 Å². The first-order valence-corrected chi connectivity index (χ1v) is 11.3. The second kappa shape index (κ2) is 8.48. The van der Waals surface area contributed by atoms with E-state index >= 15 is 0 Å². The zero-order chi connectivity index (χ0) is 17.5. The average molecular weight is 382 g/mol. The number of nitrogens with zero attached hydrogens (tertiary/aromatic N) is 1. The molecule has 1 N–H and O–H groups in total. The highest BCUT2D eigenvalue weighted by Crippen LogP contribution is 2.45. The quantitative estimate of drug-likeness (QED) is 0.413. The molecule has 3 aromatic rings. The van der Waals surface area contributed by atoms with Gasteiger partial charge in [0.2, 0.25) is 0 Å². The molecule has 25 heavy (non-hydrogen) atoms. The molecule has 0 saturated heterocycles. The summed E-state index contributed by atoms with van der Waals surface area (Å²) >= 11 is 6.84. The first-order valence-electron chi connectivity index (χ1n) is 7.89. The molecule has 0 aliphatic heterocycles. The Bertz CT molecular complexity index is 778. The minimum Gasteiger partial charge on any atom is -0.263 e. The lowest BCUT2D eigenvalue weighted by molar-refractivity contribution is 1.09. The molecular formula is C20H19N2PS2. The van der Waals surface area contributed by atoms with Crippen LogP contribution in [0.2, 0.25) is 0 Å². The van der Waals surface area contributed by atoms with Gasteiger partial charge in [0.15, 0.2) is 4.32 Å². The van der Waals surface area contributed by atoms with Gasteiger partial charge in [-0.15, -0.1) is 0 Å². The minimum atomic E-state index is -2.21. The Labute approximate surface area is 158 Å². The van der Waals surface area contributed by atoms with Crippen molar-refractivity contribution in [3.8, 4) is 0 Å². The van der Waals surface area contributed by atoms with Gasteiger partial charge in [0.05, 0.1) is 7.05 Å². The summed E-state index contributed by atoms with van der Waals surface area (Å²) in [5, 5.41) is 3.59. The molecule has 0 amide bonds. The van der Waals surface area contributed by atoms with Gasteiger partial charge in [0.25, 0.3) is 0 Å². The molecule has 3 rings (SSSR count). The summed E-state index contributed by atoms with van der Waals surface area (Å²) in [4.78, 5) is 5.04. The van der Waals surface area contributed by atoms with Crippen molar-refractivity contribution in [1.82, 2.24) is 5.43 Å². The molecule has 0 radical (unpaired) electrons. The summed E-state index contributed by atoms with van der Waals surface area (Å²) in [5.41, 5.74) is 3.14. The van der Waals surface area contributed by atoms with Crippen LogP contribution < -0.4 is 21.3 Å². The second-order valence-electron chi connectivity index (χ2n) is 5.35. The third-order valence-electron chi connectivity index (χ3n) is 3.87. The first kappa shape index (κ1) is 17.9. The Kier molecular flexibility index (Phi) is 6.09. The summed E-state index contributed by atoms with van der Waals surface area (Å²) in [7, 11) is -2.21. The maximum Gasteiger partial charge on any atom is 0.153 e. The number of thioether (sulfide) groups is 1. The lowest BCUT2D eigenvalue weighted by Crippen LogP contribution is -2.27. The topological polar surface area (TPSA) is 24.4 Å². The van der Waals surface area contributed by atoms with E-state index in [1.807, 2.05) is 24.5 Å². The third kappa shape index (κ3) is 3.87. The number of rotatable bonds is 4. The summed E-state index contributed by atoms with van der Waals surface area (Å²) in [6.45, 7) is 0. The molecule has 3 aromatic carbocycles. The van der Waals surface area contributed by atoms with Crippen LogP contribution >= 0.6 is 31.0 Å². The molecule has 126 valence electrons. The van der Waals surface area contributed by atoms with E-state index < -0.39 is 7.05 Å². The molecule has 0 aliphatic carbocycles. The molecule has 0 unspecified atom stereocenters. The second-order valence-corrected chi connectivity index (χ2v) is 9.85. The Hall–Kier alpha value is -1.87. The monoisotopic (exact) mass is 382 g/mol. The number of benzene rings is 3. The zero-order valence-electron chi connectivity index (χ0n) is 13.9. The summed E-state index contributed by atoms with van der Waals surface area (Å²) in [6.07, 6.45) is 1.96. The van der Waals surface area contributed by atoms with E-state index in [4.69, 9.17) is 17.1 Å². The van der Waals surface area contributed by atoms with Gasteiger partial charge in [-0.2, -0.15) is 4.85 Å². The standard InChI is InChI=1S/C20H19N2PS2/c1-25-20(24)21-22-23(17-11-5-2-6-12-17,18-13-7-3-8-14-18)19-15-9-4-10-16-19/h2-16H,1H3,(H,21,24). The maximum absolute atomic E-state index is 5.35. The van der Waals surface area contributed by atoms with Crippen LogP contribution in [0.15, 0.2) is 95.8 Å². The normalized spacial score (nSPS) is 10.9. The van der Waals surface area contributed by atoms with Gasteiger partial charge in [-0.25, -0.2) is 0 Å². The van der Waals surface area contributed by atoms with Gasteiger partial charge >= 0.3 is 0 Å². The van der Waals surface area contributed by atoms with E-state index in [1.165, 1.54) is 27.7 Å². The number of hydrogen-bond acceptors (Lipinski definition) is 3. The van der Waals surface area contributed by atoms with Crippen LogP contribution in [-0.2, 0) is 0 Å². The van der Waals surface area contributed by atoms with Crippen LogP contribution in [0.25, 0.3) is 0 Å². The summed E-state index contributed by atoms with van der Waals surface area (Å²) in [5.74, 6) is 0. The lowest BCUT2D eigenvalue weighted by atomic mass is 10.4. The maximum atomic E-state index is 5.35. The van der Waals surface area contributed by atoms with E-state index in [-0.39, 0.29) is 0 Å². The summed E-state index contributed by atoms with van der Waals surface area (Å²) < 4.78 is 0.673. The predicted molar refractivity (Wildman–Crippen MR) is 117 cm³/mol. The molecule has 0 atom stereocenters. The van der Waals surface area contributed by atoms with E-state index in [1.54, 1.807) is 0 Å². The van der Waals surface area contributed by atoms with Crippen LogP contribution in [-0.4, -0.2) is 10.6 Å². The molecule has 0 bridgehead atoms. The Morgan fingerprint density at radius 3 is 1.44 bits per heavy atom. The number of hydrogen-bond donors (Lipinski definition) is 1. The molecule has 2 nitrogen and oxygen atoms in total. The molecule has 0 heterocycles. The molecule has 0 aromatic heterocycles. The fraction of sp³-hybridized carbons (Fsp3) is 0.0500. The van der Waals surface area contributed by atoms with E-state index in [0.717, 1.165) is 0 Å². The van der Waals surface area contributed by atoms with Crippen LogP contribution in [0.3, 0.4) is 0 Å². The van der Waals surface area contributed by atoms with Gasteiger partial charge in [0.1, 0.15) is 0 Å². The largest absolute Gasteiger partial charge is 0.263 e. The molecule has 0 aliphatic rings. The Morgan fingerprint density at radius 1 is 0.760 bits per heavy atom. The van der Waals surface area contributed by atoms with Crippen molar-refractivity contribution < 1.29 is 0 Å². The van der Waals surface area contributed by atoms with Crippen molar-refractivity contribution in [2.75, 3.05) is 6.26 Å². The van der Waals surface area contributed by atoms with Gasteiger partial charge in [0, 0.05) is 15.9 Å². The summed E-state index contributed by atoms with van der Waals surface area (Å²) in [6, 6.07) is 31.4. The van der Waals surface area contributed by atoms with Crippen LogP contribution in [0, 0.1) is 0 Å². The molecule has 5 heteroatoms. The predicted octanol–water partition coefficient (Wildman–Crippen LogP) is 4.32. The van der Waals surface area contributed by atoms with E-state index in [0.29, 0.717) is 4.32 Å². The van der Waals surface area contributed by atoms with Gasteiger partial charge in [-0.05, 0) is 6.26 Å². The lowest BCUT2D eigenvalue weighted by Gasteiger charge is -2.26. The highest BCUT2D eigenvalue weighted by Gasteiger charge is 2.27. The van der Waals surface area contributed by atoms with Crippen molar-refractivity contribution in [1.29, 1.82) is 0 Å². The molecule has 0 fully saturated rings. The third-order valence-corrected chi connectivity index (χ3v) is 8.46. The SMILES string of the molecule is CSC(=S)NN=P(c1ccccc1)(c1ccccc1)c1ccccc1. The Balaban J connectivity index is 2.34. The fourth-order valence-corrected chi connectivity index (χ4v) is 6.33. The number of nitrogens with one attached hydrogen (secondary N) is 1. The van der Waals surface area contributed by atoms with Crippen LogP contribution in [0.4, 0.5) is 0 Å². The highest BCUT2D eigenvalue weighted by atomic mass is 32.2. The van der Waals surface area contributed by atoms with Crippen LogP contribution in [0.1, 0.15) is 0 Å². The van der Waals surface area contributed by atoms with Crippen molar-refractivity contribution in [3.05, 3.63) is 91.0 Å². The first-order chi connectivity index (χ1) is 12.3. The average Bonchev–Trinajstić information content (AvgIpc) is 2.71. The smallest absolute Gasteiger partial charge is 0.153 e. The molecule has 0 saturated carbocycles. The zero-order valence-corrected chi connectivity index (χ0v) is 16.4. The van der Waals surface area contributed by atoms with Crippen molar-refractivity contribution in [3.63, 3.8) is 0 Å². The van der Waals surface area contributed by atoms with Gasteiger partial charge in [-0.3, -0.25) is 5.43 Å². The van der Waals surface area contributed by atoms with Crippen molar-refractivity contribution in [2.45, 2.75) is 0 Å². The van der Waals surface area contributed by atoms with Crippen LogP contribution in [0.5, 0.6) is 0 Å². The van der Waals surface area contributed by atoms with Gasteiger partial charge in [-0.1, -0.05) is 115 Å².